The number of ether oxygens (including phenoxy) is 1. The largest absolute Gasteiger partial charge is 0.468 e. The van der Waals surface area contributed by atoms with Gasteiger partial charge in [0.2, 0.25) is 0 Å². The molecule has 0 spiro atoms. The molecule has 1 atom stereocenters. The van der Waals surface area contributed by atoms with Gasteiger partial charge in [0.05, 0.1) is 14.2 Å². The maximum atomic E-state index is 11.3. The molecule has 1 saturated heterocycles. The predicted molar refractivity (Wildman–Crippen MR) is 43.7 cm³/mol. The van der Waals surface area contributed by atoms with E-state index in [1.165, 1.54) is 14.2 Å². The van der Waals surface area contributed by atoms with Crippen LogP contribution in [-0.4, -0.2) is 44.1 Å². The van der Waals surface area contributed by atoms with E-state index in [2.05, 4.69) is 4.74 Å². The van der Waals surface area contributed by atoms with Gasteiger partial charge in [-0.05, 0) is 0 Å². The van der Waals surface area contributed by atoms with E-state index in [-0.39, 0.29) is 5.78 Å². The van der Waals surface area contributed by atoms with Crippen LogP contribution in [-0.2, 0) is 19.2 Å². The SMILES string of the molecule is COC(=O)[C@H]1CN(OC)CCC1=O. The topological polar surface area (TPSA) is 55.8 Å². The Hall–Kier alpha value is -0.940. The number of esters is 1. The van der Waals surface area contributed by atoms with Crippen LogP contribution in [0.1, 0.15) is 6.42 Å². The van der Waals surface area contributed by atoms with Crippen molar-refractivity contribution < 1.29 is 19.2 Å². The van der Waals surface area contributed by atoms with Crippen molar-refractivity contribution in [2.24, 2.45) is 5.92 Å². The van der Waals surface area contributed by atoms with E-state index in [9.17, 15) is 9.59 Å². The molecule has 0 bridgehead atoms. The molecule has 74 valence electrons. The fraction of sp³-hybridized carbons (Fsp3) is 0.750. The highest BCUT2D eigenvalue weighted by Crippen LogP contribution is 2.13. The summed E-state index contributed by atoms with van der Waals surface area (Å²) in [6, 6.07) is 0. The van der Waals surface area contributed by atoms with E-state index in [1.807, 2.05) is 0 Å². The van der Waals surface area contributed by atoms with E-state index < -0.39 is 11.9 Å². The number of ketones is 1. The number of hydrogen-bond acceptors (Lipinski definition) is 5. The van der Waals surface area contributed by atoms with Gasteiger partial charge in [-0.1, -0.05) is 0 Å². The summed E-state index contributed by atoms with van der Waals surface area (Å²) >= 11 is 0. The van der Waals surface area contributed by atoms with Crippen LogP contribution in [0.25, 0.3) is 0 Å². The Kier molecular flexibility index (Phi) is 3.39. The number of hydroxylamine groups is 2. The molecule has 1 aliphatic heterocycles. The predicted octanol–water partition coefficient (Wildman–Crippen LogP) is -0.388. The van der Waals surface area contributed by atoms with Gasteiger partial charge < -0.3 is 9.57 Å². The van der Waals surface area contributed by atoms with Crippen molar-refractivity contribution in [3.8, 4) is 0 Å². The van der Waals surface area contributed by atoms with Crippen LogP contribution in [0.5, 0.6) is 0 Å². The van der Waals surface area contributed by atoms with Crippen molar-refractivity contribution in [3.05, 3.63) is 0 Å². The van der Waals surface area contributed by atoms with Crippen molar-refractivity contribution in [3.63, 3.8) is 0 Å². The lowest BCUT2D eigenvalue weighted by molar-refractivity contribution is -0.175. The number of nitrogens with zero attached hydrogens (tertiary/aromatic N) is 1. The van der Waals surface area contributed by atoms with Gasteiger partial charge in [-0.15, -0.1) is 0 Å². The molecule has 13 heavy (non-hydrogen) atoms. The third-order valence-corrected chi connectivity index (χ3v) is 2.13. The average Bonchev–Trinajstić information content (AvgIpc) is 2.17. The van der Waals surface area contributed by atoms with Crippen molar-refractivity contribution in [2.75, 3.05) is 27.3 Å². The highest BCUT2D eigenvalue weighted by molar-refractivity contribution is 5.99. The van der Waals surface area contributed by atoms with Gasteiger partial charge in [-0.25, -0.2) is 0 Å². The first kappa shape index (κ1) is 10.1. The first-order chi connectivity index (χ1) is 6.19. The van der Waals surface area contributed by atoms with Crippen LogP contribution in [0.15, 0.2) is 0 Å². The van der Waals surface area contributed by atoms with E-state index in [4.69, 9.17) is 4.84 Å². The number of methoxy groups -OCH3 is 1. The summed E-state index contributed by atoms with van der Waals surface area (Å²) in [5.41, 5.74) is 0. The number of rotatable bonds is 2. The summed E-state index contributed by atoms with van der Waals surface area (Å²) in [4.78, 5) is 27.3. The minimum Gasteiger partial charge on any atom is -0.468 e. The van der Waals surface area contributed by atoms with Gasteiger partial charge >= 0.3 is 5.97 Å². The zero-order valence-electron chi connectivity index (χ0n) is 7.78. The van der Waals surface area contributed by atoms with Gasteiger partial charge in [0.25, 0.3) is 0 Å². The zero-order chi connectivity index (χ0) is 9.84. The quantitative estimate of drug-likeness (QED) is 0.435. The Labute approximate surface area is 76.6 Å². The number of Topliss-reactive ketones (excluding diaryl/α,β-unsaturated/α-hetero) is 1. The Morgan fingerprint density at radius 2 is 2.23 bits per heavy atom. The standard InChI is InChI=1S/C8H13NO4/c1-12-8(11)6-5-9(13-2)4-3-7(6)10/h6H,3-5H2,1-2H3/t6-/m0/s1. The molecule has 0 unspecified atom stereocenters. The molecule has 0 aliphatic carbocycles. The van der Waals surface area contributed by atoms with E-state index in [0.717, 1.165) is 0 Å². The molecule has 1 aliphatic rings. The maximum Gasteiger partial charge on any atom is 0.317 e. The molecule has 0 aromatic rings. The van der Waals surface area contributed by atoms with Gasteiger partial charge in [-0.3, -0.25) is 9.59 Å². The Morgan fingerprint density at radius 3 is 2.77 bits per heavy atom. The highest BCUT2D eigenvalue weighted by atomic mass is 16.7. The minimum absolute atomic E-state index is 0.0693. The third-order valence-electron chi connectivity index (χ3n) is 2.13. The minimum atomic E-state index is -0.682. The van der Waals surface area contributed by atoms with Gasteiger partial charge in [0, 0.05) is 19.5 Å². The van der Waals surface area contributed by atoms with Crippen LogP contribution in [0.2, 0.25) is 0 Å². The summed E-state index contributed by atoms with van der Waals surface area (Å²) in [6.07, 6.45) is 0.341. The number of piperidine rings is 1. The lowest BCUT2D eigenvalue weighted by Crippen LogP contribution is -2.44. The van der Waals surface area contributed by atoms with Crippen LogP contribution in [0.4, 0.5) is 0 Å². The Bertz CT molecular complexity index is 208. The molecule has 0 aromatic carbocycles. The zero-order valence-corrected chi connectivity index (χ0v) is 7.78. The second-order valence-corrected chi connectivity index (χ2v) is 2.86. The molecule has 5 heteroatoms. The first-order valence-electron chi connectivity index (χ1n) is 4.08. The molecule has 0 amide bonds. The lowest BCUT2D eigenvalue weighted by Gasteiger charge is -2.27. The number of carbonyl (C=O) groups is 2. The molecular weight excluding hydrogens is 174 g/mol. The van der Waals surface area contributed by atoms with Crippen LogP contribution >= 0.6 is 0 Å². The van der Waals surface area contributed by atoms with Crippen molar-refractivity contribution in [1.82, 2.24) is 5.06 Å². The summed E-state index contributed by atoms with van der Waals surface area (Å²) in [5.74, 6) is -1.23. The molecule has 5 nitrogen and oxygen atoms in total. The smallest absolute Gasteiger partial charge is 0.317 e. The van der Waals surface area contributed by atoms with E-state index in [1.54, 1.807) is 5.06 Å². The second-order valence-electron chi connectivity index (χ2n) is 2.86. The molecule has 0 saturated carbocycles. The molecule has 0 aromatic heterocycles. The van der Waals surface area contributed by atoms with Crippen molar-refractivity contribution in [1.29, 1.82) is 0 Å². The Morgan fingerprint density at radius 1 is 1.54 bits per heavy atom. The van der Waals surface area contributed by atoms with Gasteiger partial charge in [0.15, 0.2) is 0 Å². The summed E-state index contributed by atoms with van der Waals surface area (Å²) in [5, 5.41) is 1.59. The molecular formula is C8H13NO4. The molecule has 1 heterocycles. The second kappa shape index (κ2) is 4.34. The number of carbonyl (C=O) groups excluding carboxylic acids is 2. The maximum absolute atomic E-state index is 11.3. The van der Waals surface area contributed by atoms with Crippen molar-refractivity contribution >= 4 is 11.8 Å². The van der Waals surface area contributed by atoms with Crippen molar-refractivity contribution in [2.45, 2.75) is 6.42 Å². The fourth-order valence-corrected chi connectivity index (χ4v) is 1.32. The van der Waals surface area contributed by atoms with E-state index in [0.29, 0.717) is 19.5 Å². The highest BCUT2D eigenvalue weighted by Gasteiger charge is 2.33. The fourth-order valence-electron chi connectivity index (χ4n) is 1.32. The summed E-state index contributed by atoms with van der Waals surface area (Å²) < 4.78 is 4.51. The third kappa shape index (κ3) is 2.26. The van der Waals surface area contributed by atoms with Crippen LogP contribution in [0.3, 0.4) is 0 Å². The Balaban J connectivity index is 2.59. The van der Waals surface area contributed by atoms with Gasteiger partial charge in [0.1, 0.15) is 11.7 Å². The van der Waals surface area contributed by atoms with E-state index >= 15 is 0 Å². The lowest BCUT2D eigenvalue weighted by atomic mass is 9.98. The first-order valence-corrected chi connectivity index (χ1v) is 4.08. The molecule has 1 fully saturated rings. The summed E-state index contributed by atoms with van der Waals surface area (Å²) in [7, 11) is 2.80. The van der Waals surface area contributed by atoms with Crippen LogP contribution < -0.4 is 0 Å². The summed E-state index contributed by atoms with van der Waals surface area (Å²) in [6.45, 7) is 0.838. The normalized spacial score (nSPS) is 24.5. The molecule has 0 radical (unpaired) electrons. The monoisotopic (exact) mass is 187 g/mol. The molecule has 1 rings (SSSR count). The van der Waals surface area contributed by atoms with Gasteiger partial charge in [-0.2, -0.15) is 5.06 Å². The average molecular weight is 187 g/mol. The van der Waals surface area contributed by atoms with Crippen LogP contribution in [0, 0.1) is 5.92 Å². The number of hydrogen-bond donors (Lipinski definition) is 0. The molecule has 0 N–H and O–H groups in total.